The topological polar surface area (TPSA) is 109 Å². The molecule has 1 amide bonds. The zero-order chi connectivity index (χ0) is 19.4. The van der Waals surface area contributed by atoms with E-state index in [1.165, 1.54) is 6.07 Å². The Hall–Kier alpha value is -3.07. The van der Waals surface area contributed by atoms with E-state index in [9.17, 15) is 9.59 Å². The van der Waals surface area contributed by atoms with Crippen LogP contribution in [0, 0.1) is 6.92 Å². The van der Waals surface area contributed by atoms with Gasteiger partial charge in [0, 0.05) is 24.8 Å². The lowest BCUT2D eigenvalue weighted by molar-refractivity contribution is -0.125. The maximum absolute atomic E-state index is 12.7. The highest BCUT2D eigenvalue weighted by Crippen LogP contribution is 2.35. The molecule has 0 saturated carbocycles. The van der Waals surface area contributed by atoms with Gasteiger partial charge in [0.05, 0.1) is 0 Å². The molecule has 9 heteroatoms. The van der Waals surface area contributed by atoms with Crippen LogP contribution < -0.4 is 25.7 Å². The van der Waals surface area contributed by atoms with Crippen LogP contribution in [0.4, 0.5) is 5.95 Å². The molecule has 0 aliphatic carbocycles. The maximum Gasteiger partial charge on any atom is 0.252 e. The van der Waals surface area contributed by atoms with Crippen molar-refractivity contribution >= 4 is 11.9 Å². The number of fused-ring (bicyclic) bond motifs is 1. The summed E-state index contributed by atoms with van der Waals surface area (Å²) in [4.78, 5) is 32.7. The average molecular weight is 373 g/mol. The number of aromatic nitrogens is 2. The largest absolute Gasteiger partial charge is 0.454 e. The Morgan fingerprint density at radius 2 is 2.04 bits per heavy atom. The minimum atomic E-state index is -0.462. The van der Waals surface area contributed by atoms with E-state index in [2.05, 4.69) is 20.6 Å². The van der Waals surface area contributed by atoms with Crippen molar-refractivity contribution in [2.75, 3.05) is 39.3 Å². The minimum Gasteiger partial charge on any atom is -0.454 e. The highest BCUT2D eigenvalue weighted by Gasteiger charge is 2.25. The smallest absolute Gasteiger partial charge is 0.252 e. The predicted octanol–water partition coefficient (Wildman–Crippen LogP) is 0.638. The Labute approximate surface area is 156 Å². The van der Waals surface area contributed by atoms with Crippen molar-refractivity contribution in [1.82, 2.24) is 20.2 Å². The van der Waals surface area contributed by atoms with Crippen LogP contribution in [-0.4, -0.2) is 54.8 Å². The molecule has 1 aliphatic heterocycles. The van der Waals surface area contributed by atoms with Gasteiger partial charge in [-0.25, -0.2) is 4.98 Å². The first kappa shape index (κ1) is 18.7. The Bertz CT molecular complexity index is 880. The second-order valence-electron chi connectivity index (χ2n) is 6.43. The zero-order valence-electron chi connectivity index (χ0n) is 15.5. The second-order valence-corrected chi connectivity index (χ2v) is 6.43. The number of benzene rings is 1. The van der Waals surface area contributed by atoms with Gasteiger partial charge in [0.2, 0.25) is 18.6 Å². The quantitative estimate of drug-likeness (QED) is 0.611. The fourth-order valence-electron chi connectivity index (χ4n) is 2.89. The number of H-pyrrole nitrogens is 1. The van der Waals surface area contributed by atoms with Crippen LogP contribution >= 0.6 is 0 Å². The molecule has 1 atom stereocenters. The van der Waals surface area contributed by atoms with E-state index in [0.717, 1.165) is 5.56 Å². The Kier molecular flexibility index (Phi) is 5.60. The Morgan fingerprint density at radius 1 is 1.26 bits per heavy atom. The number of aromatic amines is 1. The van der Waals surface area contributed by atoms with Crippen LogP contribution in [0.2, 0.25) is 0 Å². The van der Waals surface area contributed by atoms with E-state index in [1.54, 1.807) is 6.92 Å². The van der Waals surface area contributed by atoms with E-state index in [0.29, 0.717) is 36.2 Å². The molecule has 144 valence electrons. The molecule has 0 radical (unpaired) electrons. The summed E-state index contributed by atoms with van der Waals surface area (Å²) in [6, 6.07) is 6.45. The first-order chi connectivity index (χ1) is 12.9. The number of hydrogen-bond acceptors (Lipinski definition) is 7. The summed E-state index contributed by atoms with van der Waals surface area (Å²) in [6.45, 7) is 2.75. The first-order valence-electron chi connectivity index (χ1n) is 8.59. The molecule has 27 heavy (non-hydrogen) atoms. The third kappa shape index (κ3) is 4.56. The third-order valence-electron chi connectivity index (χ3n) is 4.06. The third-order valence-corrected chi connectivity index (χ3v) is 4.06. The van der Waals surface area contributed by atoms with Gasteiger partial charge in [0.1, 0.15) is 6.04 Å². The molecule has 3 N–H and O–H groups in total. The number of ether oxygens (including phenoxy) is 2. The van der Waals surface area contributed by atoms with Gasteiger partial charge in [-0.05, 0) is 38.7 Å². The number of rotatable bonds is 7. The number of likely N-dealkylation sites (N-methyl/N-ethyl adjacent to an activating group) is 1. The van der Waals surface area contributed by atoms with Crippen LogP contribution in [0.15, 0.2) is 29.1 Å². The van der Waals surface area contributed by atoms with Gasteiger partial charge in [0.25, 0.3) is 5.56 Å². The van der Waals surface area contributed by atoms with Crippen molar-refractivity contribution < 1.29 is 14.3 Å². The van der Waals surface area contributed by atoms with E-state index in [4.69, 9.17) is 9.47 Å². The highest BCUT2D eigenvalue weighted by molar-refractivity contribution is 5.83. The van der Waals surface area contributed by atoms with Crippen molar-refractivity contribution in [2.24, 2.45) is 0 Å². The van der Waals surface area contributed by atoms with Gasteiger partial charge in [-0.2, -0.15) is 0 Å². The van der Waals surface area contributed by atoms with Crippen molar-refractivity contribution in [3.8, 4) is 11.5 Å². The number of carbonyl (C=O) groups is 1. The molecule has 0 bridgehead atoms. The van der Waals surface area contributed by atoms with E-state index in [1.807, 2.05) is 37.2 Å². The number of amides is 1. The predicted molar refractivity (Wildman–Crippen MR) is 100 cm³/mol. The molecular formula is C18H23N5O4. The first-order valence-corrected chi connectivity index (χ1v) is 8.59. The van der Waals surface area contributed by atoms with Crippen LogP contribution in [-0.2, 0) is 4.79 Å². The summed E-state index contributed by atoms with van der Waals surface area (Å²) >= 11 is 0. The molecule has 9 nitrogen and oxygen atoms in total. The zero-order valence-corrected chi connectivity index (χ0v) is 15.5. The van der Waals surface area contributed by atoms with Gasteiger partial charge in [0.15, 0.2) is 11.5 Å². The van der Waals surface area contributed by atoms with Crippen molar-refractivity contribution in [2.45, 2.75) is 13.0 Å². The minimum absolute atomic E-state index is 0.133. The number of hydrogen-bond donors (Lipinski definition) is 3. The highest BCUT2D eigenvalue weighted by atomic mass is 16.7. The molecule has 2 heterocycles. The monoisotopic (exact) mass is 373 g/mol. The summed E-state index contributed by atoms with van der Waals surface area (Å²) < 4.78 is 10.7. The van der Waals surface area contributed by atoms with Gasteiger partial charge < -0.3 is 20.1 Å². The Morgan fingerprint density at radius 3 is 2.78 bits per heavy atom. The number of nitrogens with zero attached hydrogens (tertiary/aromatic N) is 2. The number of aryl methyl sites for hydroxylation is 1. The molecular weight excluding hydrogens is 350 g/mol. The molecule has 0 saturated heterocycles. The fraction of sp³-hybridized carbons (Fsp3) is 0.389. The van der Waals surface area contributed by atoms with E-state index in [-0.39, 0.29) is 18.3 Å². The number of nitrogens with one attached hydrogen (secondary N) is 3. The standard InChI is InChI=1S/C18H23N5O4/c1-11-8-15(24)22-18(21-11)20-7-6-19-17(25)16(23(2)3)12-4-5-13-14(9-12)27-10-26-13/h4-5,8-9,16H,6-7,10H2,1-3H3,(H,19,25)(H2,20,21,22,24). The van der Waals surface area contributed by atoms with E-state index >= 15 is 0 Å². The van der Waals surface area contributed by atoms with Crippen LogP contribution in [0.1, 0.15) is 17.3 Å². The SMILES string of the molecule is Cc1cc(=O)[nH]c(NCCNC(=O)C(c2ccc3c(c2)OCO3)N(C)C)n1. The lowest BCUT2D eigenvalue weighted by Gasteiger charge is -2.24. The van der Waals surface area contributed by atoms with Crippen molar-refractivity contribution in [3.63, 3.8) is 0 Å². The molecule has 1 aliphatic rings. The summed E-state index contributed by atoms with van der Waals surface area (Å²) in [5.41, 5.74) is 1.23. The summed E-state index contributed by atoms with van der Waals surface area (Å²) in [5.74, 6) is 1.57. The second kappa shape index (κ2) is 8.09. The van der Waals surface area contributed by atoms with Gasteiger partial charge in [-0.15, -0.1) is 0 Å². The maximum atomic E-state index is 12.7. The van der Waals surface area contributed by atoms with Crippen LogP contribution in [0.5, 0.6) is 11.5 Å². The van der Waals surface area contributed by atoms with Gasteiger partial charge in [-0.3, -0.25) is 19.5 Å². The van der Waals surface area contributed by atoms with E-state index < -0.39 is 6.04 Å². The molecule has 0 spiro atoms. The van der Waals surface area contributed by atoms with Crippen LogP contribution in [0.3, 0.4) is 0 Å². The lowest BCUT2D eigenvalue weighted by Crippen LogP contribution is -2.39. The Balaban J connectivity index is 1.58. The lowest BCUT2D eigenvalue weighted by atomic mass is 10.0. The fourth-order valence-corrected chi connectivity index (χ4v) is 2.89. The van der Waals surface area contributed by atoms with Gasteiger partial charge >= 0.3 is 0 Å². The van der Waals surface area contributed by atoms with Gasteiger partial charge in [-0.1, -0.05) is 6.07 Å². The number of carbonyl (C=O) groups excluding carboxylic acids is 1. The number of anilines is 1. The summed E-state index contributed by atoms with van der Waals surface area (Å²) in [5, 5.41) is 5.89. The van der Waals surface area contributed by atoms with Crippen molar-refractivity contribution in [1.29, 1.82) is 0 Å². The van der Waals surface area contributed by atoms with Crippen molar-refractivity contribution in [3.05, 3.63) is 45.9 Å². The van der Waals surface area contributed by atoms with Crippen LogP contribution in [0.25, 0.3) is 0 Å². The molecule has 2 aromatic rings. The molecule has 3 rings (SSSR count). The molecule has 1 aromatic carbocycles. The molecule has 0 fully saturated rings. The summed E-state index contributed by atoms with van der Waals surface area (Å²) in [7, 11) is 3.68. The normalized spacial score (nSPS) is 13.5. The summed E-state index contributed by atoms with van der Waals surface area (Å²) in [6.07, 6.45) is 0. The molecule has 1 aromatic heterocycles. The molecule has 1 unspecified atom stereocenters. The average Bonchev–Trinajstić information content (AvgIpc) is 3.05.